The highest BCUT2D eigenvalue weighted by molar-refractivity contribution is 5.96. The van der Waals surface area contributed by atoms with Crippen LogP contribution in [0.2, 0.25) is 0 Å². The maximum absolute atomic E-state index is 14.6. The molecule has 9 nitrogen and oxygen atoms in total. The number of methoxy groups -OCH3 is 1. The predicted octanol–water partition coefficient (Wildman–Crippen LogP) is 3.68. The van der Waals surface area contributed by atoms with E-state index in [9.17, 15) is 26.7 Å². The molecule has 1 N–H and O–H groups in total. The van der Waals surface area contributed by atoms with Gasteiger partial charge < -0.3 is 15.0 Å². The second kappa shape index (κ2) is 9.66. The monoisotopic (exact) mass is 511 g/mol. The molecule has 1 aliphatic heterocycles. The zero-order valence-electron chi connectivity index (χ0n) is 19.2. The minimum Gasteiger partial charge on any atom is -0.481 e. The Kier molecular flexibility index (Phi) is 6.78. The quantitative estimate of drug-likeness (QED) is 0.504. The first kappa shape index (κ1) is 25.3. The van der Waals surface area contributed by atoms with Gasteiger partial charge in [-0.3, -0.25) is 4.79 Å². The summed E-state index contributed by atoms with van der Waals surface area (Å²) in [7, 11) is 1.35. The van der Waals surface area contributed by atoms with Gasteiger partial charge in [0, 0.05) is 25.2 Å². The summed E-state index contributed by atoms with van der Waals surface area (Å²) in [5.41, 5.74) is -0.934. The number of carbonyl (C=O) groups is 1. The Morgan fingerprint density at radius 1 is 1.19 bits per heavy atom. The first-order valence-electron chi connectivity index (χ1n) is 10.9. The molecule has 0 spiro atoms. The fourth-order valence-electron chi connectivity index (χ4n) is 4.10. The normalized spacial score (nSPS) is 19.7. The van der Waals surface area contributed by atoms with Gasteiger partial charge in [0.05, 0.1) is 37.7 Å². The van der Waals surface area contributed by atoms with Crippen LogP contribution in [0.4, 0.5) is 27.8 Å². The van der Waals surface area contributed by atoms with Gasteiger partial charge in [-0.05, 0) is 24.1 Å². The predicted molar refractivity (Wildman–Crippen MR) is 117 cm³/mol. The number of amides is 1. The smallest absolute Gasteiger partial charge is 0.417 e. The minimum absolute atomic E-state index is 0.0271. The van der Waals surface area contributed by atoms with Gasteiger partial charge in [0.25, 0.3) is 11.8 Å². The highest BCUT2D eigenvalue weighted by Crippen LogP contribution is 2.36. The molecule has 14 heteroatoms. The molecular weight excluding hydrogens is 489 g/mol. The van der Waals surface area contributed by atoms with Gasteiger partial charge in [-0.2, -0.15) is 23.4 Å². The Balaban J connectivity index is 1.63. The molecule has 3 aromatic rings. The van der Waals surface area contributed by atoms with Crippen LogP contribution in [0.1, 0.15) is 29.4 Å². The van der Waals surface area contributed by atoms with Gasteiger partial charge >= 0.3 is 6.18 Å². The van der Waals surface area contributed by atoms with E-state index in [4.69, 9.17) is 4.74 Å². The lowest BCUT2D eigenvalue weighted by Gasteiger charge is -2.43. The number of halogens is 5. The van der Waals surface area contributed by atoms with Crippen LogP contribution in [0, 0.1) is 5.92 Å². The van der Waals surface area contributed by atoms with E-state index in [2.05, 4.69) is 25.5 Å². The van der Waals surface area contributed by atoms with Crippen LogP contribution in [0.3, 0.4) is 0 Å². The van der Waals surface area contributed by atoms with Crippen molar-refractivity contribution in [2.24, 2.45) is 5.92 Å². The molecule has 0 aliphatic carbocycles. The molecule has 0 saturated carbocycles. The summed E-state index contributed by atoms with van der Waals surface area (Å²) in [6, 6.07) is 4.23. The average molecular weight is 511 g/mol. The second-order valence-corrected chi connectivity index (χ2v) is 8.39. The van der Waals surface area contributed by atoms with Gasteiger partial charge in [-0.15, -0.1) is 4.80 Å². The van der Waals surface area contributed by atoms with Gasteiger partial charge in [0.2, 0.25) is 5.88 Å². The lowest BCUT2D eigenvalue weighted by molar-refractivity contribution is -0.137. The number of piperidine rings is 1. The molecule has 1 fully saturated rings. The van der Waals surface area contributed by atoms with Crippen molar-refractivity contribution >= 4 is 11.7 Å². The van der Waals surface area contributed by atoms with Crippen LogP contribution in [0.15, 0.2) is 42.9 Å². The van der Waals surface area contributed by atoms with E-state index >= 15 is 0 Å². The third kappa shape index (κ3) is 5.36. The van der Waals surface area contributed by atoms with Crippen LogP contribution in [-0.4, -0.2) is 67.9 Å². The summed E-state index contributed by atoms with van der Waals surface area (Å²) in [4.78, 5) is 23.7. The molecule has 1 amide bonds. The SMILES string of the molecule is COc1ccc(-n2nccn2)c(C(=O)N2CC(F)(F)C[C@@H](C)C2CNc2ccc(C(F)(F)F)cn2)n1. The number of likely N-dealkylation sites (tertiary alicyclic amines) is 1. The number of alkyl halides is 5. The third-order valence-electron chi connectivity index (χ3n) is 5.82. The molecule has 3 aromatic heterocycles. The molecule has 0 bridgehead atoms. The van der Waals surface area contributed by atoms with Crippen molar-refractivity contribution in [2.75, 3.05) is 25.5 Å². The lowest BCUT2D eigenvalue weighted by Crippen LogP contribution is -2.57. The van der Waals surface area contributed by atoms with E-state index in [1.165, 1.54) is 31.6 Å². The Morgan fingerprint density at radius 2 is 1.92 bits per heavy atom. The van der Waals surface area contributed by atoms with Crippen LogP contribution in [-0.2, 0) is 6.18 Å². The second-order valence-electron chi connectivity index (χ2n) is 8.39. The summed E-state index contributed by atoms with van der Waals surface area (Å²) < 4.78 is 72.7. The zero-order valence-corrected chi connectivity index (χ0v) is 19.2. The summed E-state index contributed by atoms with van der Waals surface area (Å²) in [5.74, 6) is -4.40. The van der Waals surface area contributed by atoms with Crippen LogP contribution in [0.5, 0.6) is 5.88 Å². The highest BCUT2D eigenvalue weighted by Gasteiger charge is 2.46. The van der Waals surface area contributed by atoms with Gasteiger partial charge in [-0.1, -0.05) is 6.92 Å². The number of rotatable bonds is 6. The maximum Gasteiger partial charge on any atom is 0.417 e. The molecule has 2 atom stereocenters. The van der Waals surface area contributed by atoms with Crippen LogP contribution < -0.4 is 10.1 Å². The van der Waals surface area contributed by atoms with E-state index < -0.39 is 48.5 Å². The number of aromatic nitrogens is 5. The van der Waals surface area contributed by atoms with E-state index in [0.29, 0.717) is 6.20 Å². The highest BCUT2D eigenvalue weighted by atomic mass is 19.4. The van der Waals surface area contributed by atoms with Crippen molar-refractivity contribution in [3.8, 4) is 11.6 Å². The molecule has 0 radical (unpaired) electrons. The van der Waals surface area contributed by atoms with Crippen molar-refractivity contribution in [3.05, 3.63) is 54.1 Å². The van der Waals surface area contributed by atoms with Crippen molar-refractivity contribution in [1.82, 2.24) is 29.9 Å². The number of carbonyl (C=O) groups excluding carboxylic acids is 1. The maximum atomic E-state index is 14.6. The largest absolute Gasteiger partial charge is 0.481 e. The Bertz CT molecular complexity index is 1200. The molecular formula is C22H22F5N7O2. The number of pyridine rings is 2. The van der Waals surface area contributed by atoms with E-state index in [1.807, 2.05) is 0 Å². The average Bonchev–Trinajstić information content (AvgIpc) is 3.36. The van der Waals surface area contributed by atoms with Crippen molar-refractivity contribution in [3.63, 3.8) is 0 Å². The number of ether oxygens (including phenoxy) is 1. The van der Waals surface area contributed by atoms with Crippen molar-refractivity contribution in [1.29, 1.82) is 0 Å². The molecule has 1 aliphatic rings. The summed E-state index contributed by atoms with van der Waals surface area (Å²) in [6.45, 7) is 0.684. The topological polar surface area (TPSA) is 98.1 Å². The van der Waals surface area contributed by atoms with Crippen molar-refractivity contribution in [2.45, 2.75) is 31.5 Å². The fraction of sp³-hybridized carbons (Fsp3) is 0.409. The van der Waals surface area contributed by atoms with E-state index in [1.54, 1.807) is 6.92 Å². The van der Waals surface area contributed by atoms with Crippen molar-refractivity contribution < 1.29 is 31.5 Å². The summed E-state index contributed by atoms with van der Waals surface area (Å²) in [5, 5.41) is 10.9. The Labute approximate surface area is 202 Å². The molecule has 36 heavy (non-hydrogen) atoms. The Morgan fingerprint density at radius 3 is 2.53 bits per heavy atom. The lowest BCUT2D eigenvalue weighted by atomic mass is 9.88. The number of anilines is 1. The molecule has 1 saturated heterocycles. The molecule has 0 aromatic carbocycles. The van der Waals surface area contributed by atoms with E-state index in [0.717, 1.165) is 21.8 Å². The molecule has 4 heterocycles. The molecule has 192 valence electrons. The minimum atomic E-state index is -4.54. The Hall–Kier alpha value is -3.84. The summed E-state index contributed by atoms with van der Waals surface area (Å²) in [6.07, 6.45) is -1.56. The molecule has 4 rings (SSSR count). The first-order valence-corrected chi connectivity index (χ1v) is 10.9. The van der Waals surface area contributed by atoms with E-state index in [-0.39, 0.29) is 29.6 Å². The number of hydrogen-bond acceptors (Lipinski definition) is 7. The van der Waals surface area contributed by atoms with Crippen LogP contribution >= 0.6 is 0 Å². The van der Waals surface area contributed by atoms with Crippen LogP contribution in [0.25, 0.3) is 5.69 Å². The van der Waals surface area contributed by atoms with Gasteiger partial charge in [-0.25, -0.2) is 18.7 Å². The van der Waals surface area contributed by atoms with Gasteiger partial charge in [0.1, 0.15) is 11.5 Å². The zero-order chi connectivity index (χ0) is 26.1. The third-order valence-corrected chi connectivity index (χ3v) is 5.82. The first-order chi connectivity index (χ1) is 17.0. The standard InChI is InChI=1S/C22H22F5N7O2/c1-13-9-21(23,24)12-33(16(13)11-29-17-5-3-14(10-28-17)22(25,26)27)20(35)19-15(34-30-7-8-31-34)4-6-18(32-19)36-2/h3-8,10,13,16H,9,11-12H2,1-2H3,(H,28,29)/t13-,16?/m1/s1. The van der Waals surface area contributed by atoms with Gasteiger partial charge in [0.15, 0.2) is 5.69 Å². The fourth-order valence-corrected chi connectivity index (χ4v) is 4.10. The number of nitrogens with one attached hydrogen (secondary N) is 1. The number of hydrogen-bond donors (Lipinski definition) is 1. The molecule has 1 unspecified atom stereocenters. The summed E-state index contributed by atoms with van der Waals surface area (Å²) >= 11 is 0. The number of nitrogens with zero attached hydrogens (tertiary/aromatic N) is 6.